The van der Waals surface area contributed by atoms with Crippen LogP contribution in [0.15, 0.2) is 30.5 Å². The highest BCUT2D eigenvalue weighted by Crippen LogP contribution is 2.19. The molecule has 2 rings (SSSR count). The Kier molecular flexibility index (Phi) is 2.17. The second kappa shape index (κ2) is 3.32. The van der Waals surface area contributed by atoms with Gasteiger partial charge in [0.2, 0.25) is 0 Å². The molecule has 0 fully saturated rings. The molecule has 0 atom stereocenters. The van der Waals surface area contributed by atoms with Crippen molar-refractivity contribution >= 4 is 22.4 Å². The van der Waals surface area contributed by atoms with Crippen molar-refractivity contribution in [3.63, 3.8) is 0 Å². The fraction of sp³-hybridized carbons (Fsp3) is 0.100. The fourth-order valence-corrected chi connectivity index (χ4v) is 1.42. The van der Waals surface area contributed by atoms with E-state index in [9.17, 15) is 0 Å². The van der Waals surface area contributed by atoms with Crippen molar-refractivity contribution in [3.05, 3.63) is 41.2 Å². The number of rotatable bonds is 1. The Labute approximate surface area is 80.8 Å². The summed E-state index contributed by atoms with van der Waals surface area (Å²) in [5.41, 5.74) is 0.662. The number of pyridine rings is 1. The number of fused-ring (bicyclic) bond motifs is 1. The van der Waals surface area contributed by atoms with E-state index in [0.29, 0.717) is 10.7 Å². The van der Waals surface area contributed by atoms with E-state index in [-0.39, 0.29) is 6.61 Å². The van der Waals surface area contributed by atoms with Crippen LogP contribution in [0.5, 0.6) is 0 Å². The minimum atomic E-state index is -0.0392. The van der Waals surface area contributed by atoms with Crippen LogP contribution in [0.25, 0.3) is 10.8 Å². The van der Waals surface area contributed by atoms with Crippen LogP contribution < -0.4 is 0 Å². The molecule has 66 valence electrons. The van der Waals surface area contributed by atoms with Crippen molar-refractivity contribution < 1.29 is 5.11 Å². The SMILES string of the molecule is OCc1cc2cc(Cl)ccc2cn1. The summed E-state index contributed by atoms with van der Waals surface area (Å²) in [6.45, 7) is -0.0392. The largest absolute Gasteiger partial charge is 0.390 e. The van der Waals surface area contributed by atoms with Gasteiger partial charge in [0.1, 0.15) is 0 Å². The molecule has 2 nitrogen and oxygen atoms in total. The third-order valence-corrected chi connectivity index (χ3v) is 2.14. The first-order chi connectivity index (χ1) is 6.29. The first-order valence-electron chi connectivity index (χ1n) is 3.94. The lowest BCUT2D eigenvalue weighted by Crippen LogP contribution is -1.87. The molecule has 2 aromatic rings. The van der Waals surface area contributed by atoms with E-state index in [4.69, 9.17) is 16.7 Å². The molecule has 0 aliphatic carbocycles. The average molecular weight is 194 g/mol. The number of benzene rings is 1. The Morgan fingerprint density at radius 3 is 2.85 bits per heavy atom. The molecule has 0 saturated carbocycles. The smallest absolute Gasteiger partial charge is 0.0853 e. The lowest BCUT2D eigenvalue weighted by atomic mass is 10.1. The molecule has 0 unspecified atom stereocenters. The van der Waals surface area contributed by atoms with Crippen LogP contribution in [0.2, 0.25) is 5.02 Å². The Morgan fingerprint density at radius 1 is 1.23 bits per heavy atom. The molecule has 0 amide bonds. The standard InChI is InChI=1S/C10H8ClNO/c11-9-2-1-7-5-12-10(6-13)4-8(7)3-9/h1-5,13H,6H2. The highest BCUT2D eigenvalue weighted by atomic mass is 35.5. The zero-order valence-corrected chi connectivity index (χ0v) is 7.62. The Balaban J connectivity index is 2.68. The number of aromatic nitrogens is 1. The molecule has 1 N–H and O–H groups in total. The van der Waals surface area contributed by atoms with Crippen molar-refractivity contribution in [2.45, 2.75) is 6.61 Å². The predicted octanol–water partition coefficient (Wildman–Crippen LogP) is 2.38. The van der Waals surface area contributed by atoms with E-state index >= 15 is 0 Å². The van der Waals surface area contributed by atoms with Crippen molar-refractivity contribution in [2.24, 2.45) is 0 Å². The molecule has 1 heterocycles. The zero-order valence-electron chi connectivity index (χ0n) is 6.87. The highest BCUT2D eigenvalue weighted by molar-refractivity contribution is 6.31. The molecule has 0 aliphatic heterocycles. The number of halogens is 1. The minimum absolute atomic E-state index is 0.0392. The van der Waals surface area contributed by atoms with Crippen LogP contribution in [0.4, 0.5) is 0 Å². The molecule has 13 heavy (non-hydrogen) atoms. The van der Waals surface area contributed by atoms with Crippen molar-refractivity contribution in [3.8, 4) is 0 Å². The lowest BCUT2D eigenvalue weighted by Gasteiger charge is -1.99. The maximum Gasteiger partial charge on any atom is 0.0853 e. The summed E-state index contributed by atoms with van der Waals surface area (Å²) in [5, 5.41) is 11.6. The summed E-state index contributed by atoms with van der Waals surface area (Å²) in [6, 6.07) is 7.43. The van der Waals surface area contributed by atoms with Crippen LogP contribution in [0.3, 0.4) is 0 Å². The van der Waals surface area contributed by atoms with Crippen LogP contribution >= 0.6 is 11.6 Å². The van der Waals surface area contributed by atoms with E-state index in [0.717, 1.165) is 10.8 Å². The molecular weight excluding hydrogens is 186 g/mol. The van der Waals surface area contributed by atoms with Gasteiger partial charge in [-0.05, 0) is 23.6 Å². The highest BCUT2D eigenvalue weighted by Gasteiger charge is 1.97. The lowest BCUT2D eigenvalue weighted by molar-refractivity contribution is 0.277. The topological polar surface area (TPSA) is 33.1 Å². The molecule has 0 aliphatic rings. The van der Waals surface area contributed by atoms with Crippen molar-refractivity contribution in [1.29, 1.82) is 0 Å². The molecule has 0 radical (unpaired) electrons. The molecule has 0 saturated heterocycles. The van der Waals surface area contributed by atoms with Gasteiger partial charge in [-0.2, -0.15) is 0 Å². The third kappa shape index (κ3) is 1.64. The molecule has 0 bridgehead atoms. The molecular formula is C10H8ClNO. The number of nitrogens with zero attached hydrogens (tertiary/aromatic N) is 1. The van der Waals surface area contributed by atoms with E-state index in [2.05, 4.69) is 4.98 Å². The minimum Gasteiger partial charge on any atom is -0.390 e. The second-order valence-corrected chi connectivity index (χ2v) is 3.26. The van der Waals surface area contributed by atoms with Crippen molar-refractivity contribution in [1.82, 2.24) is 4.98 Å². The van der Waals surface area contributed by atoms with Gasteiger partial charge in [-0.15, -0.1) is 0 Å². The molecule has 1 aromatic carbocycles. The number of aliphatic hydroxyl groups is 1. The monoisotopic (exact) mass is 193 g/mol. The van der Waals surface area contributed by atoms with Gasteiger partial charge in [-0.25, -0.2) is 0 Å². The Morgan fingerprint density at radius 2 is 2.08 bits per heavy atom. The first kappa shape index (κ1) is 8.48. The van der Waals surface area contributed by atoms with Gasteiger partial charge in [0.25, 0.3) is 0 Å². The average Bonchev–Trinajstić information content (AvgIpc) is 2.16. The number of hydrogen-bond donors (Lipinski definition) is 1. The van der Waals surface area contributed by atoms with Gasteiger partial charge in [0.15, 0.2) is 0 Å². The maximum atomic E-state index is 8.87. The predicted molar refractivity (Wildman–Crippen MR) is 52.7 cm³/mol. The molecule has 0 spiro atoms. The van der Waals surface area contributed by atoms with Gasteiger partial charge in [0, 0.05) is 16.6 Å². The van der Waals surface area contributed by atoms with Gasteiger partial charge in [-0.1, -0.05) is 17.7 Å². The normalized spacial score (nSPS) is 10.6. The Hall–Kier alpha value is -1.12. The van der Waals surface area contributed by atoms with Gasteiger partial charge in [0.05, 0.1) is 12.3 Å². The number of aliphatic hydroxyl groups excluding tert-OH is 1. The molecule has 3 heteroatoms. The van der Waals surface area contributed by atoms with E-state index in [1.54, 1.807) is 6.20 Å². The Bertz CT molecular complexity index is 442. The second-order valence-electron chi connectivity index (χ2n) is 2.83. The third-order valence-electron chi connectivity index (χ3n) is 1.90. The zero-order chi connectivity index (χ0) is 9.26. The summed E-state index contributed by atoms with van der Waals surface area (Å²) in [7, 11) is 0. The summed E-state index contributed by atoms with van der Waals surface area (Å²) in [4.78, 5) is 4.06. The molecule has 1 aromatic heterocycles. The summed E-state index contributed by atoms with van der Waals surface area (Å²) < 4.78 is 0. The van der Waals surface area contributed by atoms with Crippen LogP contribution in [-0.4, -0.2) is 10.1 Å². The van der Waals surface area contributed by atoms with Crippen molar-refractivity contribution in [2.75, 3.05) is 0 Å². The van der Waals surface area contributed by atoms with E-state index < -0.39 is 0 Å². The summed E-state index contributed by atoms with van der Waals surface area (Å²) in [6.07, 6.45) is 1.73. The quantitative estimate of drug-likeness (QED) is 0.755. The van der Waals surface area contributed by atoms with Gasteiger partial charge in [-0.3, -0.25) is 4.98 Å². The number of hydrogen-bond acceptors (Lipinski definition) is 2. The van der Waals surface area contributed by atoms with Crippen LogP contribution in [0, 0.1) is 0 Å². The van der Waals surface area contributed by atoms with Crippen LogP contribution in [0.1, 0.15) is 5.69 Å². The fourth-order valence-electron chi connectivity index (χ4n) is 1.24. The van der Waals surface area contributed by atoms with E-state index in [1.165, 1.54) is 0 Å². The van der Waals surface area contributed by atoms with Crippen LogP contribution in [-0.2, 0) is 6.61 Å². The summed E-state index contributed by atoms with van der Waals surface area (Å²) in [5.74, 6) is 0. The van der Waals surface area contributed by atoms with Gasteiger partial charge < -0.3 is 5.11 Å². The summed E-state index contributed by atoms with van der Waals surface area (Å²) >= 11 is 5.83. The maximum absolute atomic E-state index is 8.87. The van der Waals surface area contributed by atoms with Gasteiger partial charge >= 0.3 is 0 Å². The van der Waals surface area contributed by atoms with E-state index in [1.807, 2.05) is 24.3 Å². The first-order valence-corrected chi connectivity index (χ1v) is 4.32.